The molecule has 1 unspecified atom stereocenters. The minimum atomic E-state index is -0.602. The van der Waals surface area contributed by atoms with Crippen molar-refractivity contribution in [2.75, 3.05) is 24.9 Å². The van der Waals surface area contributed by atoms with Gasteiger partial charge in [0.2, 0.25) is 5.91 Å². The Hall–Kier alpha value is -5.87. The van der Waals surface area contributed by atoms with E-state index in [-0.39, 0.29) is 11.6 Å². The highest BCUT2D eigenvalue weighted by molar-refractivity contribution is 8.00. The molecule has 0 radical (unpaired) electrons. The first-order chi connectivity index (χ1) is 22.9. The van der Waals surface area contributed by atoms with Crippen LogP contribution in [0.15, 0.2) is 138 Å². The van der Waals surface area contributed by atoms with Gasteiger partial charge in [0.05, 0.1) is 19.9 Å². The molecule has 0 aliphatic heterocycles. The van der Waals surface area contributed by atoms with Crippen molar-refractivity contribution in [3.63, 3.8) is 0 Å². The monoisotopic (exact) mass is 644 g/mol. The van der Waals surface area contributed by atoms with Gasteiger partial charge in [0.25, 0.3) is 11.8 Å². The summed E-state index contributed by atoms with van der Waals surface area (Å²) < 4.78 is 10.8. The average molecular weight is 645 g/mol. The number of hydrogen-bond donors (Lipinski definition) is 3. The van der Waals surface area contributed by atoms with E-state index >= 15 is 0 Å². The van der Waals surface area contributed by atoms with Gasteiger partial charge in [0.15, 0.2) is 0 Å². The standard InChI is InChI=1S/C37H32N4O5S/c1-45-29-17-20-33(46-2)31(23-29)40-37(44)34(26-11-5-3-6-12-26)47-30-18-15-28(16-19-30)39-36(43)32(22-25-10-9-21-38-24-25)41-35(42)27-13-7-4-8-14-27/h3-24,34H,1-2H3,(H,39,43)(H,40,44)(H,41,42)/b32-22-. The van der Waals surface area contributed by atoms with E-state index in [0.717, 1.165) is 10.5 Å². The number of nitrogens with zero attached hydrogens (tertiary/aromatic N) is 1. The first kappa shape index (κ1) is 32.5. The molecular weight excluding hydrogens is 612 g/mol. The summed E-state index contributed by atoms with van der Waals surface area (Å²) in [6.07, 6.45) is 4.78. The van der Waals surface area contributed by atoms with Crippen LogP contribution in [0.3, 0.4) is 0 Å². The van der Waals surface area contributed by atoms with Crippen molar-refractivity contribution >= 4 is 46.9 Å². The number of hydrogen-bond acceptors (Lipinski definition) is 7. The molecule has 10 heteroatoms. The second-order valence-corrected chi connectivity index (χ2v) is 11.3. The summed E-state index contributed by atoms with van der Waals surface area (Å²) in [5.74, 6) is -0.0788. The largest absolute Gasteiger partial charge is 0.497 e. The number of amides is 3. The van der Waals surface area contributed by atoms with Crippen LogP contribution in [0.1, 0.15) is 26.7 Å². The first-order valence-electron chi connectivity index (χ1n) is 14.6. The molecule has 4 aromatic carbocycles. The fourth-order valence-corrected chi connectivity index (χ4v) is 5.56. The van der Waals surface area contributed by atoms with E-state index in [1.165, 1.54) is 18.9 Å². The Balaban J connectivity index is 1.33. The van der Waals surface area contributed by atoms with E-state index in [1.54, 1.807) is 92.3 Å². The SMILES string of the molecule is COc1ccc(OC)c(NC(=O)C(Sc2ccc(NC(=O)/C(=C/c3cccnc3)NC(=O)c3ccccc3)cc2)c2ccccc2)c1. The minimum Gasteiger partial charge on any atom is -0.497 e. The number of carbonyl (C=O) groups excluding carboxylic acids is 3. The van der Waals surface area contributed by atoms with Gasteiger partial charge in [-0.05, 0) is 71.8 Å². The van der Waals surface area contributed by atoms with Gasteiger partial charge < -0.3 is 25.4 Å². The summed E-state index contributed by atoms with van der Waals surface area (Å²) in [5.41, 5.74) is 2.93. The predicted molar refractivity (Wildman–Crippen MR) is 184 cm³/mol. The van der Waals surface area contributed by atoms with Crippen molar-refractivity contribution in [3.05, 3.63) is 150 Å². The lowest BCUT2D eigenvalue weighted by Gasteiger charge is -2.19. The van der Waals surface area contributed by atoms with Crippen LogP contribution in [-0.2, 0) is 9.59 Å². The molecule has 1 aromatic heterocycles. The molecule has 0 aliphatic rings. The van der Waals surface area contributed by atoms with E-state index in [4.69, 9.17) is 9.47 Å². The van der Waals surface area contributed by atoms with Crippen LogP contribution in [0.4, 0.5) is 11.4 Å². The van der Waals surface area contributed by atoms with Crippen LogP contribution in [0.5, 0.6) is 11.5 Å². The van der Waals surface area contributed by atoms with Crippen LogP contribution >= 0.6 is 11.8 Å². The van der Waals surface area contributed by atoms with Gasteiger partial charge >= 0.3 is 0 Å². The number of ether oxygens (including phenoxy) is 2. The van der Waals surface area contributed by atoms with Crippen LogP contribution in [-0.4, -0.2) is 36.9 Å². The molecule has 0 aliphatic carbocycles. The topological polar surface area (TPSA) is 119 Å². The molecule has 9 nitrogen and oxygen atoms in total. The highest BCUT2D eigenvalue weighted by Gasteiger charge is 2.24. The Morgan fingerprint density at radius 1 is 0.787 bits per heavy atom. The van der Waals surface area contributed by atoms with Crippen molar-refractivity contribution in [3.8, 4) is 11.5 Å². The number of rotatable bonds is 12. The Bertz CT molecular complexity index is 1850. The second kappa shape index (κ2) is 15.9. The van der Waals surface area contributed by atoms with Crippen LogP contribution < -0.4 is 25.4 Å². The second-order valence-electron chi connectivity index (χ2n) is 10.1. The maximum Gasteiger partial charge on any atom is 0.272 e. The molecule has 5 aromatic rings. The van der Waals surface area contributed by atoms with Gasteiger partial charge in [-0.15, -0.1) is 11.8 Å². The smallest absolute Gasteiger partial charge is 0.272 e. The van der Waals surface area contributed by atoms with Gasteiger partial charge in [-0.2, -0.15) is 0 Å². The van der Waals surface area contributed by atoms with Crippen molar-refractivity contribution < 1.29 is 23.9 Å². The van der Waals surface area contributed by atoms with E-state index in [0.29, 0.717) is 34.0 Å². The average Bonchev–Trinajstić information content (AvgIpc) is 3.12. The molecule has 3 N–H and O–H groups in total. The maximum absolute atomic E-state index is 13.7. The molecule has 5 rings (SSSR count). The number of benzene rings is 4. The molecule has 0 saturated heterocycles. The van der Waals surface area contributed by atoms with Gasteiger partial charge in [0.1, 0.15) is 22.4 Å². The fourth-order valence-electron chi connectivity index (χ4n) is 4.53. The number of pyridine rings is 1. The minimum absolute atomic E-state index is 0.0547. The molecule has 236 valence electrons. The number of nitrogens with one attached hydrogen (secondary N) is 3. The van der Waals surface area contributed by atoms with Gasteiger partial charge in [-0.25, -0.2) is 0 Å². The van der Waals surface area contributed by atoms with Gasteiger partial charge in [-0.3, -0.25) is 19.4 Å². The van der Waals surface area contributed by atoms with Crippen molar-refractivity contribution in [2.24, 2.45) is 0 Å². The maximum atomic E-state index is 13.7. The summed E-state index contributed by atoms with van der Waals surface area (Å²) in [7, 11) is 3.09. The number of carbonyl (C=O) groups is 3. The van der Waals surface area contributed by atoms with Crippen LogP contribution in [0.25, 0.3) is 6.08 Å². The highest BCUT2D eigenvalue weighted by Crippen LogP contribution is 2.38. The zero-order chi connectivity index (χ0) is 33.0. The van der Waals surface area contributed by atoms with E-state index in [2.05, 4.69) is 20.9 Å². The lowest BCUT2D eigenvalue weighted by molar-refractivity contribution is -0.116. The zero-order valence-electron chi connectivity index (χ0n) is 25.7. The molecule has 1 heterocycles. The molecular formula is C37H32N4O5S. The number of methoxy groups -OCH3 is 2. The predicted octanol–water partition coefficient (Wildman–Crippen LogP) is 6.98. The number of thioether (sulfide) groups is 1. The molecule has 0 saturated carbocycles. The Kier molecular flexibility index (Phi) is 11.0. The third kappa shape index (κ3) is 8.86. The van der Waals surface area contributed by atoms with Crippen molar-refractivity contribution in [2.45, 2.75) is 10.1 Å². The summed E-state index contributed by atoms with van der Waals surface area (Å²) >= 11 is 1.36. The summed E-state index contributed by atoms with van der Waals surface area (Å²) in [6.45, 7) is 0. The normalized spacial score (nSPS) is 11.6. The quantitative estimate of drug-likeness (QED) is 0.0991. The summed E-state index contributed by atoms with van der Waals surface area (Å²) in [6, 6.07) is 34.0. The molecule has 0 fully saturated rings. The first-order valence-corrected chi connectivity index (χ1v) is 15.5. The van der Waals surface area contributed by atoms with Crippen LogP contribution in [0, 0.1) is 0 Å². The van der Waals surface area contributed by atoms with Gasteiger partial charge in [0, 0.05) is 34.6 Å². The number of anilines is 2. The van der Waals surface area contributed by atoms with Crippen molar-refractivity contribution in [1.82, 2.24) is 10.3 Å². The lowest BCUT2D eigenvalue weighted by atomic mass is 10.1. The Labute approximate surface area is 277 Å². The lowest BCUT2D eigenvalue weighted by Crippen LogP contribution is -2.30. The Morgan fingerprint density at radius 3 is 2.17 bits per heavy atom. The summed E-state index contributed by atoms with van der Waals surface area (Å²) in [5, 5.41) is 7.96. The van der Waals surface area contributed by atoms with Crippen molar-refractivity contribution in [1.29, 1.82) is 0 Å². The van der Waals surface area contributed by atoms with E-state index in [9.17, 15) is 14.4 Å². The van der Waals surface area contributed by atoms with E-state index < -0.39 is 17.1 Å². The molecule has 0 bridgehead atoms. The molecule has 3 amide bonds. The summed E-state index contributed by atoms with van der Waals surface area (Å²) in [4.78, 5) is 44.9. The van der Waals surface area contributed by atoms with E-state index in [1.807, 2.05) is 48.5 Å². The fraction of sp³-hybridized carbons (Fsp3) is 0.0811. The third-order valence-corrected chi connectivity index (χ3v) is 8.16. The molecule has 0 spiro atoms. The third-order valence-electron chi connectivity index (χ3n) is 6.90. The molecule has 1 atom stereocenters. The van der Waals surface area contributed by atoms with Gasteiger partial charge in [-0.1, -0.05) is 54.6 Å². The number of aromatic nitrogens is 1. The zero-order valence-corrected chi connectivity index (χ0v) is 26.5. The highest BCUT2D eigenvalue weighted by atomic mass is 32.2. The molecule has 47 heavy (non-hydrogen) atoms. The van der Waals surface area contributed by atoms with Crippen LogP contribution in [0.2, 0.25) is 0 Å². The Morgan fingerprint density at radius 2 is 1.51 bits per heavy atom.